The zero-order valence-electron chi connectivity index (χ0n) is 13.4. The van der Waals surface area contributed by atoms with Gasteiger partial charge in [0.15, 0.2) is 0 Å². The molecule has 0 saturated carbocycles. The van der Waals surface area contributed by atoms with Crippen molar-refractivity contribution in [1.82, 2.24) is 9.80 Å². The maximum Gasteiger partial charge on any atom is 0.326 e. The van der Waals surface area contributed by atoms with Crippen molar-refractivity contribution in [3.8, 4) is 0 Å². The molecule has 23 heavy (non-hydrogen) atoms. The number of carbonyl (C=O) groups excluding carboxylic acids is 3. The van der Waals surface area contributed by atoms with Crippen molar-refractivity contribution in [1.29, 1.82) is 0 Å². The number of carbonyl (C=O) groups is 4. The van der Waals surface area contributed by atoms with Gasteiger partial charge >= 0.3 is 5.97 Å². The number of carboxylic acid groups (broad SMARTS) is 1. The van der Waals surface area contributed by atoms with Crippen LogP contribution in [0.15, 0.2) is 0 Å². The summed E-state index contributed by atoms with van der Waals surface area (Å²) in [6, 6.07) is -0.736. The number of amides is 3. The van der Waals surface area contributed by atoms with Crippen molar-refractivity contribution < 1.29 is 24.3 Å². The summed E-state index contributed by atoms with van der Waals surface area (Å²) in [6.07, 6.45) is 1.37. The third kappa shape index (κ3) is 3.68. The minimum Gasteiger partial charge on any atom is -0.480 e. The second kappa shape index (κ2) is 7.33. The van der Waals surface area contributed by atoms with E-state index in [2.05, 4.69) is 0 Å². The highest BCUT2D eigenvalue weighted by Gasteiger charge is 2.39. The molecule has 7 nitrogen and oxygen atoms in total. The van der Waals surface area contributed by atoms with Gasteiger partial charge in [-0.15, -0.1) is 11.8 Å². The molecule has 0 radical (unpaired) electrons. The Morgan fingerprint density at radius 3 is 2.65 bits per heavy atom. The van der Waals surface area contributed by atoms with Crippen molar-refractivity contribution >= 4 is 35.5 Å². The van der Waals surface area contributed by atoms with E-state index in [1.807, 2.05) is 0 Å². The fraction of sp³-hybridized carbons (Fsp3) is 0.733. The molecule has 1 unspecified atom stereocenters. The first-order chi connectivity index (χ1) is 10.9. The molecule has 2 heterocycles. The second-order valence-corrected chi connectivity index (χ2v) is 7.17. The fourth-order valence-corrected chi connectivity index (χ4v) is 4.21. The molecule has 0 aromatic rings. The summed E-state index contributed by atoms with van der Waals surface area (Å²) < 4.78 is 0. The van der Waals surface area contributed by atoms with Crippen LogP contribution in [0.4, 0.5) is 0 Å². The average Bonchev–Trinajstić information content (AvgIpc) is 3.09. The van der Waals surface area contributed by atoms with Gasteiger partial charge in [-0.05, 0) is 19.8 Å². The number of thioether (sulfide) groups is 1. The van der Waals surface area contributed by atoms with Crippen LogP contribution in [0, 0.1) is 5.92 Å². The lowest BCUT2D eigenvalue weighted by Crippen LogP contribution is -2.43. The van der Waals surface area contributed by atoms with Crippen LogP contribution in [-0.4, -0.2) is 68.7 Å². The monoisotopic (exact) mass is 342 g/mol. The summed E-state index contributed by atoms with van der Waals surface area (Å²) in [7, 11) is 0. The van der Waals surface area contributed by atoms with Gasteiger partial charge in [-0.2, -0.15) is 0 Å². The summed E-state index contributed by atoms with van der Waals surface area (Å²) in [5, 5.41) is 8.73. The number of carboxylic acids is 1. The van der Waals surface area contributed by atoms with Crippen LogP contribution in [0.25, 0.3) is 0 Å². The van der Waals surface area contributed by atoms with Crippen LogP contribution < -0.4 is 0 Å². The lowest BCUT2D eigenvalue weighted by molar-refractivity contribution is -0.149. The molecule has 2 rings (SSSR count). The highest BCUT2D eigenvalue weighted by molar-refractivity contribution is 8.00. The molecule has 0 aromatic carbocycles. The first kappa shape index (κ1) is 17.8. The third-order valence-electron chi connectivity index (χ3n) is 4.31. The zero-order valence-corrected chi connectivity index (χ0v) is 14.2. The van der Waals surface area contributed by atoms with Crippen molar-refractivity contribution in [2.24, 2.45) is 5.92 Å². The van der Waals surface area contributed by atoms with Crippen molar-refractivity contribution in [2.45, 2.75) is 44.4 Å². The predicted octanol–water partition coefficient (Wildman–Crippen LogP) is 0.579. The third-order valence-corrected chi connectivity index (χ3v) is 5.77. The molecule has 3 amide bonds. The number of nitrogens with zero attached hydrogens (tertiary/aromatic N) is 2. The summed E-state index contributed by atoms with van der Waals surface area (Å²) in [5.41, 5.74) is 0. The van der Waals surface area contributed by atoms with Gasteiger partial charge in [0.05, 0.1) is 5.25 Å². The molecule has 1 N–H and O–H groups in total. The van der Waals surface area contributed by atoms with Gasteiger partial charge in [0, 0.05) is 31.2 Å². The van der Waals surface area contributed by atoms with Gasteiger partial charge in [0.2, 0.25) is 17.7 Å². The average molecular weight is 342 g/mol. The van der Waals surface area contributed by atoms with Crippen LogP contribution in [0.5, 0.6) is 0 Å². The normalized spacial score (nSPS) is 26.0. The molecule has 2 saturated heterocycles. The molecular weight excluding hydrogens is 320 g/mol. The fourth-order valence-electron chi connectivity index (χ4n) is 3.02. The largest absolute Gasteiger partial charge is 0.480 e. The molecule has 0 aliphatic carbocycles. The van der Waals surface area contributed by atoms with Crippen LogP contribution >= 0.6 is 11.8 Å². The van der Waals surface area contributed by atoms with Crippen LogP contribution in [0.2, 0.25) is 0 Å². The van der Waals surface area contributed by atoms with E-state index in [4.69, 9.17) is 5.11 Å². The van der Waals surface area contributed by atoms with E-state index in [0.717, 1.165) is 0 Å². The second-order valence-electron chi connectivity index (χ2n) is 5.93. The van der Waals surface area contributed by atoms with Gasteiger partial charge in [-0.1, -0.05) is 6.92 Å². The van der Waals surface area contributed by atoms with E-state index in [0.29, 0.717) is 31.7 Å². The van der Waals surface area contributed by atoms with Gasteiger partial charge in [-0.3, -0.25) is 19.3 Å². The Morgan fingerprint density at radius 1 is 1.39 bits per heavy atom. The van der Waals surface area contributed by atoms with E-state index in [1.165, 1.54) is 21.6 Å². The molecule has 3 atom stereocenters. The molecule has 2 fully saturated rings. The predicted molar refractivity (Wildman–Crippen MR) is 84.8 cm³/mol. The molecule has 2 aliphatic heterocycles. The summed E-state index contributed by atoms with van der Waals surface area (Å²) in [5.74, 6) is -1.48. The number of aliphatic carboxylic acids is 1. The molecule has 2 aliphatic rings. The quantitative estimate of drug-likeness (QED) is 0.710. The highest BCUT2D eigenvalue weighted by atomic mass is 32.2. The molecule has 128 valence electrons. The highest BCUT2D eigenvalue weighted by Crippen LogP contribution is 2.28. The zero-order chi connectivity index (χ0) is 17.1. The number of likely N-dealkylation sites (tertiary alicyclic amines) is 2. The standard InChI is InChI=1S/C15H22N2O5S/c1-3-16-12(18)7-11(14(16)20)23-8-9(2)13(19)17-6-4-5-10(17)15(21)22/h9-11H,3-8H2,1-2H3,(H,21,22)/t9-,10+,11?/m1/s1. The van der Waals surface area contributed by atoms with Gasteiger partial charge < -0.3 is 10.0 Å². The SMILES string of the molecule is CCN1C(=O)CC(SC[C@@H](C)C(=O)N2CCC[C@H]2C(=O)O)C1=O. The Labute approximate surface area is 139 Å². The first-order valence-corrected chi connectivity index (χ1v) is 8.90. The lowest BCUT2D eigenvalue weighted by atomic mass is 10.1. The maximum atomic E-state index is 12.4. The van der Waals surface area contributed by atoms with Crippen LogP contribution in [0.1, 0.15) is 33.1 Å². The van der Waals surface area contributed by atoms with Crippen LogP contribution in [-0.2, 0) is 19.2 Å². The Morgan fingerprint density at radius 2 is 2.09 bits per heavy atom. The van der Waals surface area contributed by atoms with E-state index in [1.54, 1.807) is 13.8 Å². The minimum absolute atomic E-state index is 0.167. The Bertz CT molecular complexity index is 524. The first-order valence-electron chi connectivity index (χ1n) is 7.85. The Kier molecular flexibility index (Phi) is 5.67. The Hall–Kier alpha value is -1.57. The number of hydrogen-bond donors (Lipinski definition) is 1. The minimum atomic E-state index is -0.967. The summed E-state index contributed by atoms with van der Waals surface area (Å²) >= 11 is 1.31. The van der Waals surface area contributed by atoms with Gasteiger partial charge in [-0.25, -0.2) is 4.79 Å². The molecule has 0 bridgehead atoms. The van der Waals surface area contributed by atoms with Crippen molar-refractivity contribution in [3.63, 3.8) is 0 Å². The Balaban J connectivity index is 1.89. The summed E-state index contributed by atoms with van der Waals surface area (Å²) in [6.45, 7) is 4.34. The molecule has 0 aromatic heterocycles. The topological polar surface area (TPSA) is 95.0 Å². The molecular formula is C15H22N2O5S. The van der Waals surface area contributed by atoms with Crippen molar-refractivity contribution in [2.75, 3.05) is 18.8 Å². The maximum absolute atomic E-state index is 12.4. The van der Waals surface area contributed by atoms with E-state index < -0.39 is 17.3 Å². The lowest BCUT2D eigenvalue weighted by Gasteiger charge is -2.25. The molecule has 8 heteroatoms. The van der Waals surface area contributed by atoms with Crippen molar-refractivity contribution in [3.05, 3.63) is 0 Å². The smallest absolute Gasteiger partial charge is 0.326 e. The number of rotatable bonds is 6. The molecule has 0 spiro atoms. The van der Waals surface area contributed by atoms with Gasteiger partial charge in [0.1, 0.15) is 6.04 Å². The number of imide groups is 1. The van der Waals surface area contributed by atoms with Gasteiger partial charge in [0.25, 0.3) is 0 Å². The van der Waals surface area contributed by atoms with E-state index in [9.17, 15) is 19.2 Å². The van der Waals surface area contributed by atoms with E-state index in [-0.39, 0.29) is 30.1 Å². The number of hydrogen-bond acceptors (Lipinski definition) is 5. The van der Waals surface area contributed by atoms with Crippen LogP contribution in [0.3, 0.4) is 0 Å². The van der Waals surface area contributed by atoms with E-state index >= 15 is 0 Å². The summed E-state index contributed by atoms with van der Waals surface area (Å²) in [4.78, 5) is 50.0.